The van der Waals surface area contributed by atoms with Crippen LogP contribution in [-0.4, -0.2) is 16.9 Å². The van der Waals surface area contributed by atoms with Crippen LogP contribution in [0.4, 0.5) is 11.4 Å². The molecule has 0 unspecified atom stereocenters. The van der Waals surface area contributed by atoms with Crippen LogP contribution >= 0.6 is 34.8 Å². The monoisotopic (exact) mass is 453 g/mol. The second kappa shape index (κ2) is 8.20. The highest BCUT2D eigenvalue weighted by Gasteiger charge is 2.09. The molecule has 0 bridgehead atoms. The molecule has 0 atom stereocenters. The summed E-state index contributed by atoms with van der Waals surface area (Å²) in [5.74, 6) is -0.430. The van der Waals surface area contributed by atoms with E-state index in [9.17, 15) is 9.59 Å². The fourth-order valence-corrected chi connectivity index (χ4v) is 2.68. The molecule has 0 aromatic heterocycles. The van der Waals surface area contributed by atoms with Crippen molar-refractivity contribution < 1.29 is 9.59 Å². The first-order valence-corrected chi connectivity index (χ1v) is 8.60. The van der Waals surface area contributed by atoms with E-state index in [2.05, 4.69) is 38.5 Å². The van der Waals surface area contributed by atoms with E-state index in [4.69, 9.17) is 12.2 Å². The van der Waals surface area contributed by atoms with Crippen LogP contribution in [-0.2, 0) is 4.79 Å². The van der Waals surface area contributed by atoms with Gasteiger partial charge in [-0.15, -0.1) is 0 Å². The highest BCUT2D eigenvalue weighted by Crippen LogP contribution is 2.16. The Morgan fingerprint density at radius 2 is 1.71 bits per heavy atom. The van der Waals surface area contributed by atoms with Crippen molar-refractivity contribution in [3.63, 3.8) is 0 Å². The quantitative estimate of drug-likeness (QED) is 0.490. The van der Waals surface area contributed by atoms with Gasteiger partial charge < -0.3 is 10.6 Å². The predicted octanol–water partition coefficient (Wildman–Crippen LogP) is 3.68. The minimum absolute atomic E-state index is 0.156. The van der Waals surface area contributed by atoms with Crippen LogP contribution in [0.2, 0.25) is 0 Å². The summed E-state index contributed by atoms with van der Waals surface area (Å²) in [5, 5.41) is 8.45. The van der Waals surface area contributed by atoms with Crippen molar-refractivity contribution >= 4 is 63.1 Å². The number of rotatable bonds is 3. The number of carbonyl (C=O) groups excluding carboxylic acids is 2. The first kappa shape index (κ1) is 18.3. The number of aryl methyl sites for hydroxylation is 1. The molecule has 2 aromatic rings. The maximum absolute atomic E-state index is 12.2. The van der Waals surface area contributed by atoms with E-state index in [1.54, 1.807) is 30.3 Å². The summed E-state index contributed by atoms with van der Waals surface area (Å²) >= 11 is 7.36. The summed E-state index contributed by atoms with van der Waals surface area (Å²) in [6.45, 7) is 3.42. The molecule has 2 rings (SSSR count). The van der Waals surface area contributed by atoms with Gasteiger partial charge in [-0.25, -0.2) is 0 Å². The summed E-state index contributed by atoms with van der Waals surface area (Å²) < 4.78 is 1.02. The molecule has 7 heteroatoms. The van der Waals surface area contributed by atoms with E-state index < -0.39 is 0 Å². The van der Waals surface area contributed by atoms with E-state index in [-0.39, 0.29) is 16.9 Å². The molecule has 0 spiro atoms. The SMILES string of the molecule is CC(=O)Nc1cccc(NC(=S)NC(=O)c2ccc(C)c(I)c2)c1. The maximum Gasteiger partial charge on any atom is 0.257 e. The third-order valence-electron chi connectivity index (χ3n) is 3.10. The van der Waals surface area contributed by atoms with Gasteiger partial charge in [0.2, 0.25) is 5.91 Å². The largest absolute Gasteiger partial charge is 0.332 e. The molecule has 0 aliphatic carbocycles. The van der Waals surface area contributed by atoms with Crippen LogP contribution in [0, 0.1) is 10.5 Å². The van der Waals surface area contributed by atoms with Crippen molar-refractivity contribution in [3.8, 4) is 0 Å². The average Bonchev–Trinajstić information content (AvgIpc) is 2.49. The zero-order valence-corrected chi connectivity index (χ0v) is 16.1. The number of hydrogen-bond acceptors (Lipinski definition) is 3. The van der Waals surface area contributed by atoms with Crippen LogP contribution in [0.5, 0.6) is 0 Å². The molecule has 24 heavy (non-hydrogen) atoms. The minimum atomic E-state index is -0.275. The van der Waals surface area contributed by atoms with Crippen LogP contribution < -0.4 is 16.0 Å². The third kappa shape index (κ3) is 5.27. The summed E-state index contributed by atoms with van der Waals surface area (Å²) in [7, 11) is 0. The van der Waals surface area contributed by atoms with Gasteiger partial charge in [-0.05, 0) is 77.6 Å². The number of thiocarbonyl (C=S) groups is 1. The molecule has 3 N–H and O–H groups in total. The fourth-order valence-electron chi connectivity index (χ4n) is 1.95. The maximum atomic E-state index is 12.2. The Labute approximate surface area is 159 Å². The second-order valence-corrected chi connectivity index (χ2v) is 6.70. The van der Waals surface area contributed by atoms with Crippen molar-refractivity contribution in [2.75, 3.05) is 10.6 Å². The molecular weight excluding hydrogens is 437 g/mol. The van der Waals surface area contributed by atoms with Crippen molar-refractivity contribution in [1.29, 1.82) is 0 Å². The van der Waals surface area contributed by atoms with Crippen molar-refractivity contribution in [3.05, 3.63) is 57.2 Å². The van der Waals surface area contributed by atoms with Gasteiger partial charge in [-0.3, -0.25) is 14.9 Å². The summed E-state index contributed by atoms with van der Waals surface area (Å²) in [6, 6.07) is 12.5. The van der Waals surface area contributed by atoms with E-state index in [0.29, 0.717) is 16.9 Å². The highest BCUT2D eigenvalue weighted by molar-refractivity contribution is 14.1. The Morgan fingerprint density at radius 1 is 1.04 bits per heavy atom. The Balaban J connectivity index is 2.01. The summed E-state index contributed by atoms with van der Waals surface area (Å²) in [4.78, 5) is 23.3. The first-order chi connectivity index (χ1) is 11.3. The molecule has 0 heterocycles. The Bertz CT molecular complexity index is 808. The van der Waals surface area contributed by atoms with Gasteiger partial charge in [-0.1, -0.05) is 12.1 Å². The molecule has 0 saturated carbocycles. The second-order valence-electron chi connectivity index (χ2n) is 5.13. The Hall–Kier alpha value is -2.00. The molecule has 124 valence electrons. The number of hydrogen-bond donors (Lipinski definition) is 3. The van der Waals surface area contributed by atoms with Crippen molar-refractivity contribution in [2.24, 2.45) is 0 Å². The molecule has 0 aliphatic heterocycles. The van der Waals surface area contributed by atoms with Gasteiger partial charge >= 0.3 is 0 Å². The molecular formula is C17H16IN3O2S. The smallest absolute Gasteiger partial charge is 0.257 e. The van der Waals surface area contributed by atoms with Crippen LogP contribution in [0.3, 0.4) is 0 Å². The minimum Gasteiger partial charge on any atom is -0.332 e. The topological polar surface area (TPSA) is 70.2 Å². The van der Waals surface area contributed by atoms with Gasteiger partial charge in [-0.2, -0.15) is 0 Å². The number of anilines is 2. The van der Waals surface area contributed by atoms with Crippen LogP contribution in [0.1, 0.15) is 22.8 Å². The van der Waals surface area contributed by atoms with Crippen molar-refractivity contribution in [1.82, 2.24) is 5.32 Å². The number of nitrogens with one attached hydrogen (secondary N) is 3. The molecule has 0 aliphatic rings. The fraction of sp³-hybridized carbons (Fsp3) is 0.118. The number of halogens is 1. The highest BCUT2D eigenvalue weighted by atomic mass is 127. The lowest BCUT2D eigenvalue weighted by molar-refractivity contribution is -0.114. The van der Waals surface area contributed by atoms with E-state index in [0.717, 1.165) is 9.13 Å². The lowest BCUT2D eigenvalue weighted by atomic mass is 10.1. The number of amides is 2. The number of carbonyl (C=O) groups is 2. The zero-order valence-electron chi connectivity index (χ0n) is 13.1. The summed E-state index contributed by atoms with van der Waals surface area (Å²) in [6.07, 6.45) is 0. The van der Waals surface area contributed by atoms with Crippen molar-refractivity contribution in [2.45, 2.75) is 13.8 Å². The lowest BCUT2D eigenvalue weighted by Gasteiger charge is -2.11. The van der Waals surface area contributed by atoms with Gasteiger partial charge in [0.05, 0.1) is 0 Å². The Morgan fingerprint density at radius 3 is 2.33 bits per heavy atom. The normalized spacial score (nSPS) is 9.96. The first-order valence-electron chi connectivity index (χ1n) is 7.11. The van der Waals surface area contributed by atoms with E-state index in [1.165, 1.54) is 6.92 Å². The van der Waals surface area contributed by atoms with E-state index >= 15 is 0 Å². The van der Waals surface area contributed by atoms with E-state index in [1.807, 2.05) is 19.1 Å². The molecule has 2 amide bonds. The Kier molecular flexibility index (Phi) is 6.27. The summed E-state index contributed by atoms with van der Waals surface area (Å²) in [5.41, 5.74) is 2.98. The van der Waals surface area contributed by atoms with Gasteiger partial charge in [0.1, 0.15) is 0 Å². The van der Waals surface area contributed by atoms with Gasteiger partial charge in [0, 0.05) is 27.4 Å². The number of benzene rings is 2. The molecule has 0 saturated heterocycles. The predicted molar refractivity (Wildman–Crippen MR) is 108 cm³/mol. The average molecular weight is 453 g/mol. The molecule has 2 aromatic carbocycles. The van der Waals surface area contributed by atoms with Crippen LogP contribution in [0.15, 0.2) is 42.5 Å². The molecule has 0 radical (unpaired) electrons. The van der Waals surface area contributed by atoms with Gasteiger partial charge in [0.15, 0.2) is 5.11 Å². The molecule has 0 fully saturated rings. The standard InChI is InChI=1S/C17H16IN3O2S/c1-10-6-7-12(8-15(10)18)16(23)21-17(24)20-14-5-3-4-13(9-14)19-11(2)22/h3-9H,1-2H3,(H,19,22)(H2,20,21,23,24). The molecule has 5 nitrogen and oxygen atoms in total. The third-order valence-corrected chi connectivity index (χ3v) is 4.47. The zero-order chi connectivity index (χ0) is 17.7. The van der Waals surface area contributed by atoms with Crippen LogP contribution in [0.25, 0.3) is 0 Å². The lowest BCUT2D eigenvalue weighted by Crippen LogP contribution is -2.34. The van der Waals surface area contributed by atoms with Gasteiger partial charge in [0.25, 0.3) is 5.91 Å².